The molecule has 1 amide bonds. The van der Waals surface area contributed by atoms with Crippen molar-refractivity contribution >= 4 is 11.8 Å². The molecule has 0 saturated carbocycles. The highest BCUT2D eigenvalue weighted by Crippen LogP contribution is 2.29. The molecule has 7 heteroatoms. The van der Waals surface area contributed by atoms with Crippen LogP contribution in [0.3, 0.4) is 0 Å². The smallest absolute Gasteiger partial charge is 0.227 e. The van der Waals surface area contributed by atoms with Crippen molar-refractivity contribution in [2.75, 3.05) is 51.4 Å². The van der Waals surface area contributed by atoms with Gasteiger partial charge < -0.3 is 23.8 Å². The minimum atomic E-state index is 0.100. The van der Waals surface area contributed by atoms with Gasteiger partial charge in [0.15, 0.2) is 0 Å². The molecule has 0 unspecified atom stereocenters. The second kappa shape index (κ2) is 8.00. The number of benzene rings is 1. The molecule has 0 atom stereocenters. The van der Waals surface area contributed by atoms with Gasteiger partial charge in [-0.15, -0.1) is 0 Å². The summed E-state index contributed by atoms with van der Waals surface area (Å²) < 4.78 is 16.1. The summed E-state index contributed by atoms with van der Waals surface area (Å²) in [5.74, 6) is 1.95. The van der Waals surface area contributed by atoms with Crippen molar-refractivity contribution in [2.24, 2.45) is 5.92 Å². The lowest BCUT2D eigenvalue weighted by Crippen LogP contribution is -2.46. The van der Waals surface area contributed by atoms with E-state index in [2.05, 4.69) is 10.1 Å². The Morgan fingerprint density at radius 2 is 1.81 bits per heavy atom. The van der Waals surface area contributed by atoms with Crippen molar-refractivity contribution < 1.29 is 18.8 Å². The number of aromatic nitrogens is 1. The molecule has 0 radical (unpaired) electrons. The Balaban J connectivity index is 1.35. The van der Waals surface area contributed by atoms with Crippen molar-refractivity contribution in [3.63, 3.8) is 0 Å². The number of hydrogen-bond acceptors (Lipinski definition) is 6. The normalized spacial score (nSPS) is 18.6. The van der Waals surface area contributed by atoms with Crippen molar-refractivity contribution in [1.82, 2.24) is 10.1 Å². The largest absolute Gasteiger partial charge is 0.497 e. The maximum Gasteiger partial charge on any atom is 0.227 e. The summed E-state index contributed by atoms with van der Waals surface area (Å²) in [6.45, 7) is 4.34. The Morgan fingerprint density at radius 1 is 1.11 bits per heavy atom. The van der Waals surface area contributed by atoms with Crippen LogP contribution in [0.15, 0.2) is 34.9 Å². The minimum absolute atomic E-state index is 0.100. The van der Waals surface area contributed by atoms with Crippen LogP contribution in [0.1, 0.15) is 12.8 Å². The maximum atomic E-state index is 12.6. The predicted molar refractivity (Wildman–Crippen MR) is 101 cm³/mol. The zero-order valence-corrected chi connectivity index (χ0v) is 15.6. The number of anilines is 1. The fourth-order valence-electron chi connectivity index (χ4n) is 3.70. The molecule has 27 heavy (non-hydrogen) atoms. The summed E-state index contributed by atoms with van der Waals surface area (Å²) in [7, 11) is 1.65. The van der Waals surface area contributed by atoms with Gasteiger partial charge in [0.1, 0.15) is 11.4 Å². The topological polar surface area (TPSA) is 68.0 Å². The van der Waals surface area contributed by atoms with E-state index in [1.807, 2.05) is 35.2 Å². The Kier molecular flexibility index (Phi) is 5.29. The first kappa shape index (κ1) is 17.9. The Labute approximate surface area is 158 Å². The van der Waals surface area contributed by atoms with E-state index in [1.165, 1.54) is 0 Å². The lowest BCUT2D eigenvalue weighted by Gasteiger charge is -2.35. The number of methoxy groups -OCH3 is 1. The average Bonchev–Trinajstić information content (AvgIpc) is 3.24. The highest BCUT2D eigenvalue weighted by atomic mass is 16.5. The maximum absolute atomic E-state index is 12.6. The Bertz CT molecular complexity index is 760. The molecule has 2 fully saturated rings. The standard InChI is InChI=1S/C20H25N3O4/c1-25-17-4-2-15(3-5-17)18-14-19(27-21-18)22-8-6-16(7-9-22)20(24)23-10-12-26-13-11-23/h2-5,14,16H,6-13H2,1H3. The molecule has 7 nitrogen and oxygen atoms in total. The third-order valence-electron chi connectivity index (χ3n) is 5.36. The molecule has 3 heterocycles. The van der Waals surface area contributed by atoms with Crippen LogP contribution in [0.25, 0.3) is 11.3 Å². The molecular weight excluding hydrogens is 346 g/mol. The number of morpholine rings is 1. The second-order valence-corrected chi connectivity index (χ2v) is 6.98. The van der Waals surface area contributed by atoms with E-state index in [9.17, 15) is 4.79 Å². The van der Waals surface area contributed by atoms with E-state index in [0.29, 0.717) is 26.3 Å². The molecule has 0 aliphatic carbocycles. The molecule has 0 N–H and O–H groups in total. The third kappa shape index (κ3) is 3.93. The van der Waals surface area contributed by atoms with Crippen LogP contribution in [-0.4, -0.2) is 62.5 Å². The zero-order chi connectivity index (χ0) is 18.6. The van der Waals surface area contributed by atoms with Gasteiger partial charge in [-0.2, -0.15) is 0 Å². The number of rotatable bonds is 4. The van der Waals surface area contributed by atoms with E-state index in [0.717, 1.165) is 48.8 Å². The first-order valence-electron chi connectivity index (χ1n) is 9.47. The molecular formula is C20H25N3O4. The highest BCUT2D eigenvalue weighted by molar-refractivity contribution is 5.79. The van der Waals surface area contributed by atoms with E-state index in [4.69, 9.17) is 14.0 Å². The number of carbonyl (C=O) groups excluding carboxylic acids is 1. The molecule has 2 saturated heterocycles. The molecule has 0 spiro atoms. The molecule has 4 rings (SSSR count). The predicted octanol–water partition coefficient (Wildman–Crippen LogP) is 2.43. The van der Waals surface area contributed by atoms with Crippen LogP contribution in [-0.2, 0) is 9.53 Å². The SMILES string of the molecule is COc1ccc(-c2cc(N3CCC(C(=O)N4CCOCC4)CC3)on2)cc1. The van der Waals surface area contributed by atoms with Gasteiger partial charge in [0.25, 0.3) is 0 Å². The van der Waals surface area contributed by atoms with E-state index >= 15 is 0 Å². The first-order valence-corrected chi connectivity index (χ1v) is 9.47. The lowest BCUT2D eigenvalue weighted by atomic mass is 9.95. The van der Waals surface area contributed by atoms with Gasteiger partial charge in [0.2, 0.25) is 11.8 Å². The van der Waals surface area contributed by atoms with Gasteiger partial charge in [0, 0.05) is 43.7 Å². The molecule has 1 aromatic heterocycles. The number of carbonyl (C=O) groups is 1. The number of hydrogen-bond donors (Lipinski definition) is 0. The van der Waals surface area contributed by atoms with Crippen LogP contribution >= 0.6 is 0 Å². The van der Waals surface area contributed by atoms with Crippen molar-refractivity contribution in [2.45, 2.75) is 12.8 Å². The molecule has 1 aromatic carbocycles. The summed E-state index contributed by atoms with van der Waals surface area (Å²) >= 11 is 0. The fraction of sp³-hybridized carbons (Fsp3) is 0.500. The summed E-state index contributed by atoms with van der Waals surface area (Å²) in [4.78, 5) is 16.8. The van der Waals surface area contributed by atoms with Crippen LogP contribution in [0.4, 0.5) is 5.88 Å². The summed E-state index contributed by atoms with van der Waals surface area (Å²) in [5.41, 5.74) is 1.79. The van der Waals surface area contributed by atoms with Crippen LogP contribution in [0, 0.1) is 5.92 Å². The molecule has 0 bridgehead atoms. The monoisotopic (exact) mass is 371 g/mol. The van der Waals surface area contributed by atoms with Crippen molar-refractivity contribution in [1.29, 1.82) is 0 Å². The number of nitrogens with zero attached hydrogens (tertiary/aromatic N) is 3. The van der Waals surface area contributed by atoms with Gasteiger partial charge in [-0.1, -0.05) is 5.16 Å². The van der Waals surface area contributed by atoms with Crippen LogP contribution in [0.5, 0.6) is 5.75 Å². The number of piperidine rings is 1. The van der Waals surface area contributed by atoms with Crippen molar-refractivity contribution in [3.05, 3.63) is 30.3 Å². The van der Waals surface area contributed by atoms with Crippen LogP contribution in [0.2, 0.25) is 0 Å². The van der Waals surface area contributed by atoms with E-state index in [1.54, 1.807) is 7.11 Å². The number of amides is 1. The minimum Gasteiger partial charge on any atom is -0.497 e. The van der Waals surface area contributed by atoms with Gasteiger partial charge in [-0.3, -0.25) is 4.79 Å². The van der Waals surface area contributed by atoms with Crippen molar-refractivity contribution in [3.8, 4) is 17.0 Å². The fourth-order valence-corrected chi connectivity index (χ4v) is 3.70. The lowest BCUT2D eigenvalue weighted by molar-refractivity contribution is -0.140. The van der Waals surface area contributed by atoms with E-state index < -0.39 is 0 Å². The second-order valence-electron chi connectivity index (χ2n) is 6.98. The molecule has 144 valence electrons. The van der Waals surface area contributed by atoms with Gasteiger partial charge in [-0.05, 0) is 37.1 Å². The van der Waals surface area contributed by atoms with Gasteiger partial charge in [-0.25, -0.2) is 0 Å². The molecule has 2 aliphatic heterocycles. The summed E-state index contributed by atoms with van der Waals surface area (Å²) in [5, 5.41) is 4.20. The zero-order valence-electron chi connectivity index (χ0n) is 15.6. The average molecular weight is 371 g/mol. The summed E-state index contributed by atoms with van der Waals surface area (Å²) in [6.07, 6.45) is 1.68. The van der Waals surface area contributed by atoms with Crippen LogP contribution < -0.4 is 9.64 Å². The molecule has 2 aromatic rings. The van der Waals surface area contributed by atoms with Gasteiger partial charge in [0.05, 0.1) is 20.3 Å². The summed E-state index contributed by atoms with van der Waals surface area (Å²) in [6, 6.07) is 9.71. The third-order valence-corrected chi connectivity index (χ3v) is 5.36. The first-order chi connectivity index (χ1) is 13.2. The quantitative estimate of drug-likeness (QED) is 0.822. The van der Waals surface area contributed by atoms with Gasteiger partial charge >= 0.3 is 0 Å². The van der Waals surface area contributed by atoms with E-state index in [-0.39, 0.29) is 11.8 Å². The highest BCUT2D eigenvalue weighted by Gasteiger charge is 2.30. The Morgan fingerprint density at radius 3 is 2.48 bits per heavy atom. The Hall–Kier alpha value is -2.54. The number of ether oxygens (including phenoxy) is 2. The molecule has 2 aliphatic rings.